The first-order chi connectivity index (χ1) is 8.29. The van der Waals surface area contributed by atoms with E-state index < -0.39 is 0 Å². The van der Waals surface area contributed by atoms with Crippen LogP contribution in [0, 0.1) is 0 Å². The van der Waals surface area contributed by atoms with Crippen molar-refractivity contribution in [3.05, 3.63) is 0 Å². The van der Waals surface area contributed by atoms with Gasteiger partial charge in [-0.25, -0.2) is 0 Å². The van der Waals surface area contributed by atoms with E-state index in [4.69, 9.17) is 4.74 Å². The fourth-order valence-electron chi connectivity index (χ4n) is 3.74. The third-order valence-electron chi connectivity index (χ3n) is 4.80. The van der Waals surface area contributed by atoms with Crippen molar-refractivity contribution in [2.75, 3.05) is 26.7 Å². The summed E-state index contributed by atoms with van der Waals surface area (Å²) in [5.41, 5.74) is 0. The molecule has 0 aromatic heterocycles. The van der Waals surface area contributed by atoms with Crippen molar-refractivity contribution in [2.24, 2.45) is 0 Å². The van der Waals surface area contributed by atoms with Gasteiger partial charge in [0.1, 0.15) is 6.04 Å². The van der Waals surface area contributed by atoms with E-state index in [1.54, 1.807) is 0 Å². The molecule has 3 saturated heterocycles. The summed E-state index contributed by atoms with van der Waals surface area (Å²) >= 11 is 0. The van der Waals surface area contributed by atoms with E-state index >= 15 is 0 Å². The summed E-state index contributed by atoms with van der Waals surface area (Å²) in [5, 5.41) is 0. The van der Waals surface area contributed by atoms with Crippen molar-refractivity contribution in [2.45, 2.75) is 50.2 Å². The molecule has 0 amide bonds. The first-order valence-corrected chi connectivity index (χ1v) is 6.87. The number of ether oxygens (including phenoxy) is 1. The molecule has 3 rings (SSSR count). The molecule has 0 bridgehead atoms. The molecule has 3 aliphatic rings. The normalized spacial score (nSPS) is 38.5. The SMILES string of the molecule is COC(=O)C1CCN1C1CCN2CCCC2C1. The summed E-state index contributed by atoms with van der Waals surface area (Å²) in [6, 6.07) is 1.46. The van der Waals surface area contributed by atoms with Crippen LogP contribution in [0.2, 0.25) is 0 Å². The largest absolute Gasteiger partial charge is 0.468 e. The Kier molecular flexibility index (Phi) is 3.09. The van der Waals surface area contributed by atoms with Crippen LogP contribution in [0.25, 0.3) is 0 Å². The van der Waals surface area contributed by atoms with Crippen molar-refractivity contribution in [3.8, 4) is 0 Å². The summed E-state index contributed by atoms with van der Waals surface area (Å²) < 4.78 is 4.87. The average Bonchev–Trinajstić information content (AvgIpc) is 2.74. The highest BCUT2D eigenvalue weighted by Crippen LogP contribution is 2.33. The second-order valence-electron chi connectivity index (χ2n) is 5.58. The van der Waals surface area contributed by atoms with Crippen molar-refractivity contribution in [3.63, 3.8) is 0 Å². The van der Waals surface area contributed by atoms with Gasteiger partial charge < -0.3 is 9.64 Å². The lowest BCUT2D eigenvalue weighted by molar-refractivity contribution is -0.155. The number of hydrogen-bond acceptors (Lipinski definition) is 4. The van der Waals surface area contributed by atoms with Crippen molar-refractivity contribution >= 4 is 5.97 Å². The standard InChI is InChI=1S/C13H22N2O2/c1-17-13(16)12-5-8-15(12)11-4-7-14-6-2-3-10(14)9-11/h10-12H,2-9H2,1H3. The molecule has 3 heterocycles. The smallest absolute Gasteiger partial charge is 0.323 e. The second kappa shape index (κ2) is 4.58. The van der Waals surface area contributed by atoms with Crippen LogP contribution in [0.1, 0.15) is 32.1 Å². The highest BCUT2D eigenvalue weighted by molar-refractivity contribution is 5.76. The van der Waals surface area contributed by atoms with Crippen molar-refractivity contribution in [1.29, 1.82) is 0 Å². The molecule has 3 unspecified atom stereocenters. The van der Waals surface area contributed by atoms with Crippen LogP contribution >= 0.6 is 0 Å². The second-order valence-corrected chi connectivity index (χ2v) is 5.58. The van der Waals surface area contributed by atoms with Crippen LogP contribution < -0.4 is 0 Å². The molecule has 3 fully saturated rings. The van der Waals surface area contributed by atoms with Gasteiger partial charge in [-0.2, -0.15) is 0 Å². The molecular formula is C13H22N2O2. The Hall–Kier alpha value is -0.610. The topological polar surface area (TPSA) is 32.8 Å². The molecule has 0 aliphatic carbocycles. The zero-order chi connectivity index (χ0) is 11.8. The van der Waals surface area contributed by atoms with Crippen molar-refractivity contribution < 1.29 is 9.53 Å². The van der Waals surface area contributed by atoms with Gasteiger partial charge in [-0.1, -0.05) is 0 Å². The van der Waals surface area contributed by atoms with Gasteiger partial charge in [0.05, 0.1) is 7.11 Å². The van der Waals surface area contributed by atoms with Gasteiger partial charge in [-0.3, -0.25) is 9.69 Å². The number of hydrogen-bond donors (Lipinski definition) is 0. The minimum atomic E-state index is -0.0369. The van der Waals surface area contributed by atoms with E-state index in [2.05, 4.69) is 9.80 Å². The Balaban J connectivity index is 1.60. The van der Waals surface area contributed by atoms with E-state index in [1.807, 2.05) is 0 Å². The number of fused-ring (bicyclic) bond motifs is 1. The van der Waals surface area contributed by atoms with Crippen LogP contribution in [-0.2, 0) is 9.53 Å². The molecule has 96 valence electrons. The maximum atomic E-state index is 11.6. The van der Waals surface area contributed by atoms with Crippen LogP contribution in [0.3, 0.4) is 0 Å². The van der Waals surface area contributed by atoms with Crippen LogP contribution in [0.4, 0.5) is 0 Å². The van der Waals surface area contributed by atoms with Gasteiger partial charge >= 0.3 is 5.97 Å². The predicted molar refractivity (Wildman–Crippen MR) is 64.7 cm³/mol. The number of rotatable bonds is 2. The summed E-state index contributed by atoms with van der Waals surface area (Å²) in [5.74, 6) is -0.0369. The summed E-state index contributed by atoms with van der Waals surface area (Å²) in [4.78, 5) is 16.6. The van der Waals surface area contributed by atoms with Crippen LogP contribution in [0.5, 0.6) is 0 Å². The molecule has 0 aromatic rings. The molecule has 0 radical (unpaired) electrons. The number of piperidine rings is 1. The first kappa shape index (κ1) is 11.5. The minimum Gasteiger partial charge on any atom is -0.468 e. The lowest BCUT2D eigenvalue weighted by Gasteiger charge is -2.48. The van der Waals surface area contributed by atoms with Gasteiger partial charge in [0.25, 0.3) is 0 Å². The maximum Gasteiger partial charge on any atom is 0.323 e. The molecule has 0 aromatic carbocycles. The summed E-state index contributed by atoms with van der Waals surface area (Å²) in [6.45, 7) is 3.59. The average molecular weight is 238 g/mol. The summed E-state index contributed by atoms with van der Waals surface area (Å²) in [6.07, 6.45) is 6.18. The quantitative estimate of drug-likeness (QED) is 0.668. The van der Waals surface area contributed by atoms with E-state index in [-0.39, 0.29) is 12.0 Å². The summed E-state index contributed by atoms with van der Waals surface area (Å²) in [7, 11) is 1.50. The first-order valence-electron chi connectivity index (χ1n) is 6.87. The van der Waals surface area contributed by atoms with Crippen LogP contribution in [0.15, 0.2) is 0 Å². The minimum absolute atomic E-state index is 0.0369. The zero-order valence-electron chi connectivity index (χ0n) is 10.6. The van der Waals surface area contributed by atoms with Gasteiger partial charge in [0.2, 0.25) is 0 Å². The third-order valence-corrected chi connectivity index (χ3v) is 4.80. The molecule has 0 saturated carbocycles. The number of methoxy groups -OCH3 is 1. The Morgan fingerprint density at radius 2 is 2.00 bits per heavy atom. The molecule has 17 heavy (non-hydrogen) atoms. The third kappa shape index (κ3) is 1.97. The van der Waals surface area contributed by atoms with E-state index in [0.29, 0.717) is 6.04 Å². The zero-order valence-corrected chi connectivity index (χ0v) is 10.6. The Morgan fingerprint density at radius 3 is 2.71 bits per heavy atom. The lowest BCUT2D eigenvalue weighted by atomic mass is 9.90. The molecular weight excluding hydrogens is 216 g/mol. The highest BCUT2D eigenvalue weighted by Gasteiger charge is 2.42. The number of nitrogens with zero attached hydrogens (tertiary/aromatic N) is 2. The maximum absolute atomic E-state index is 11.6. The fraction of sp³-hybridized carbons (Fsp3) is 0.923. The monoisotopic (exact) mass is 238 g/mol. The molecule has 3 aliphatic heterocycles. The van der Waals surface area contributed by atoms with E-state index in [9.17, 15) is 4.79 Å². The number of carbonyl (C=O) groups excluding carboxylic acids is 1. The van der Waals surface area contributed by atoms with E-state index in [1.165, 1.54) is 45.9 Å². The lowest BCUT2D eigenvalue weighted by Crippen LogP contribution is -2.60. The van der Waals surface area contributed by atoms with Gasteiger partial charge in [0.15, 0.2) is 0 Å². The molecule has 4 heteroatoms. The molecule has 3 atom stereocenters. The van der Waals surface area contributed by atoms with Gasteiger partial charge in [-0.15, -0.1) is 0 Å². The molecule has 0 spiro atoms. The Labute approximate surface area is 103 Å². The Bertz CT molecular complexity index is 308. The number of esters is 1. The number of likely N-dealkylation sites (tertiary alicyclic amines) is 1. The van der Waals surface area contributed by atoms with Gasteiger partial charge in [0, 0.05) is 18.6 Å². The number of carbonyl (C=O) groups is 1. The Morgan fingerprint density at radius 1 is 1.12 bits per heavy atom. The fourth-order valence-corrected chi connectivity index (χ4v) is 3.74. The van der Waals surface area contributed by atoms with Crippen LogP contribution in [-0.4, -0.2) is 60.6 Å². The predicted octanol–water partition coefficient (Wildman–Crippen LogP) is 0.861. The molecule has 4 nitrogen and oxygen atoms in total. The molecule has 0 N–H and O–H groups in total. The van der Waals surface area contributed by atoms with Crippen molar-refractivity contribution in [1.82, 2.24) is 9.80 Å². The highest BCUT2D eigenvalue weighted by atomic mass is 16.5. The van der Waals surface area contributed by atoms with Gasteiger partial charge in [-0.05, 0) is 45.2 Å². The van der Waals surface area contributed by atoms with E-state index in [0.717, 1.165) is 19.0 Å².